The zero-order valence-corrected chi connectivity index (χ0v) is 22.0. The van der Waals surface area contributed by atoms with Crippen molar-refractivity contribution in [3.05, 3.63) is 34.6 Å². The van der Waals surface area contributed by atoms with E-state index in [1.54, 1.807) is 25.7 Å². The summed E-state index contributed by atoms with van der Waals surface area (Å²) in [6, 6.07) is 1.92. The summed E-state index contributed by atoms with van der Waals surface area (Å²) in [5.74, 6) is -1.03. The Kier molecular flexibility index (Phi) is 6.69. The van der Waals surface area contributed by atoms with Gasteiger partial charge in [0, 0.05) is 4.75 Å². The van der Waals surface area contributed by atoms with E-state index in [9.17, 15) is 19.5 Å². The second kappa shape index (κ2) is 9.20. The molecule has 2 aliphatic heterocycles. The maximum Gasteiger partial charge on any atom is 0.313 e. The van der Waals surface area contributed by atoms with Gasteiger partial charge >= 0.3 is 5.97 Å². The van der Waals surface area contributed by atoms with Gasteiger partial charge in [0.05, 0.1) is 10.4 Å². The highest BCUT2D eigenvalue weighted by Gasteiger charge is 2.63. The summed E-state index contributed by atoms with van der Waals surface area (Å²) in [7, 11) is 0. The largest absolute Gasteiger partial charge is 0.506 e. The van der Waals surface area contributed by atoms with Crippen molar-refractivity contribution >= 4 is 41.1 Å². The molecule has 0 radical (unpaired) electrons. The number of carbonyl (C=O) groups is 3. The molecule has 194 valence electrons. The second-order valence-corrected chi connectivity index (χ2v) is 12.4. The molecule has 3 unspecified atom stereocenters. The predicted octanol–water partition coefficient (Wildman–Crippen LogP) is 1.50. The van der Waals surface area contributed by atoms with Gasteiger partial charge in [0.1, 0.15) is 29.2 Å². The van der Waals surface area contributed by atoms with Crippen molar-refractivity contribution < 1.29 is 24.2 Å². The van der Waals surface area contributed by atoms with Crippen LogP contribution < -0.4 is 11.1 Å². The maximum absolute atomic E-state index is 13.1. The standard InChI is InChI=1S/C22H28ClN7O5S/c1-21(2,3)20(34)35-9-29-27-16(26-28-29)15-22(4,5)36-19-14(18(33)30(15)19)25-17(32)13(24)10-6-7-12(31)11(23)8-10/h6-8,13-15,19,31H,9,24H2,1-5H3,(H,25,32)/t13?,14?,15?,19-/m1/s1. The number of nitrogens with zero attached hydrogens (tertiary/aromatic N) is 5. The zero-order chi connectivity index (χ0) is 26.6. The zero-order valence-electron chi connectivity index (χ0n) is 20.4. The molecule has 2 aromatic rings. The molecule has 0 saturated carbocycles. The smallest absolute Gasteiger partial charge is 0.313 e. The molecule has 36 heavy (non-hydrogen) atoms. The fourth-order valence-corrected chi connectivity index (χ4v) is 5.85. The van der Waals surface area contributed by atoms with Crippen molar-refractivity contribution in [2.45, 2.75) is 69.6 Å². The fraction of sp³-hybridized carbons (Fsp3) is 0.545. The fourth-order valence-electron chi connectivity index (χ4n) is 4.03. The van der Waals surface area contributed by atoms with Gasteiger partial charge in [-0.1, -0.05) is 17.7 Å². The molecule has 4 atom stereocenters. The van der Waals surface area contributed by atoms with E-state index in [-0.39, 0.29) is 28.8 Å². The minimum absolute atomic E-state index is 0.0753. The Bertz CT molecular complexity index is 1210. The molecule has 0 bridgehead atoms. The number of nitrogens with one attached hydrogen (secondary N) is 1. The molecular weight excluding hydrogens is 510 g/mol. The Morgan fingerprint density at radius 1 is 1.36 bits per heavy atom. The summed E-state index contributed by atoms with van der Waals surface area (Å²) in [5.41, 5.74) is 5.81. The first-order chi connectivity index (χ1) is 16.7. The van der Waals surface area contributed by atoms with Gasteiger partial charge in [-0.05, 0) is 57.5 Å². The van der Waals surface area contributed by atoms with Crippen molar-refractivity contribution in [2.75, 3.05) is 0 Å². The SMILES string of the molecule is CC(C)(C)C(=O)OCn1nnc(C2N3C(=O)C(NC(=O)C(N)c4ccc(O)c(Cl)c4)[C@H]3SC2(C)C)n1. The number of hydrogen-bond acceptors (Lipinski definition) is 10. The summed E-state index contributed by atoms with van der Waals surface area (Å²) in [6.45, 7) is 8.94. The predicted molar refractivity (Wildman–Crippen MR) is 130 cm³/mol. The third kappa shape index (κ3) is 4.74. The highest BCUT2D eigenvalue weighted by Crippen LogP contribution is 2.56. The minimum atomic E-state index is -1.07. The minimum Gasteiger partial charge on any atom is -0.506 e. The lowest BCUT2D eigenvalue weighted by Gasteiger charge is -2.44. The van der Waals surface area contributed by atoms with Gasteiger partial charge < -0.3 is 25.8 Å². The number of β-lactam (4-membered cyclic amide) rings is 1. The molecular formula is C22H28ClN7O5S. The molecule has 2 saturated heterocycles. The number of halogens is 1. The van der Waals surface area contributed by atoms with Crippen LogP contribution >= 0.6 is 23.4 Å². The number of aromatic nitrogens is 4. The Morgan fingerprint density at radius 2 is 2.06 bits per heavy atom. The third-order valence-corrected chi connectivity index (χ3v) is 7.86. The van der Waals surface area contributed by atoms with Gasteiger partial charge in [0.2, 0.25) is 18.5 Å². The van der Waals surface area contributed by atoms with E-state index in [1.165, 1.54) is 34.8 Å². The van der Waals surface area contributed by atoms with Crippen molar-refractivity contribution in [2.24, 2.45) is 11.1 Å². The molecule has 3 heterocycles. The molecule has 12 nitrogen and oxygen atoms in total. The number of phenols is 1. The number of rotatable bonds is 6. The van der Waals surface area contributed by atoms with Gasteiger partial charge in [-0.3, -0.25) is 14.4 Å². The average molecular weight is 538 g/mol. The number of tetrazole rings is 1. The molecule has 4 N–H and O–H groups in total. The number of benzene rings is 1. The van der Waals surface area contributed by atoms with Crippen LogP contribution in [0.15, 0.2) is 18.2 Å². The van der Waals surface area contributed by atoms with Crippen LogP contribution in [0.2, 0.25) is 5.02 Å². The maximum atomic E-state index is 13.1. The summed E-state index contributed by atoms with van der Waals surface area (Å²) in [4.78, 5) is 40.7. The van der Waals surface area contributed by atoms with E-state index in [0.29, 0.717) is 11.4 Å². The van der Waals surface area contributed by atoms with Crippen LogP contribution in [0.5, 0.6) is 5.75 Å². The molecule has 2 fully saturated rings. The van der Waals surface area contributed by atoms with Crippen LogP contribution in [-0.4, -0.2) is 64.2 Å². The van der Waals surface area contributed by atoms with Crippen LogP contribution in [0.1, 0.15) is 58.1 Å². The number of fused-ring (bicyclic) bond motifs is 1. The molecule has 4 rings (SSSR count). The number of amides is 2. The first-order valence-electron chi connectivity index (χ1n) is 11.2. The number of ether oxygens (including phenoxy) is 1. The monoisotopic (exact) mass is 537 g/mol. The Hall–Kier alpha value is -2.90. The average Bonchev–Trinajstić information content (AvgIpc) is 3.36. The van der Waals surface area contributed by atoms with Crippen molar-refractivity contribution in [1.29, 1.82) is 0 Å². The first-order valence-corrected chi connectivity index (χ1v) is 12.5. The van der Waals surface area contributed by atoms with E-state index < -0.39 is 40.2 Å². The van der Waals surface area contributed by atoms with Crippen LogP contribution in [0.4, 0.5) is 0 Å². The second-order valence-electron chi connectivity index (χ2n) is 10.3. The third-order valence-electron chi connectivity index (χ3n) is 5.99. The molecule has 1 aromatic carbocycles. The first kappa shape index (κ1) is 26.2. The Balaban J connectivity index is 1.44. The van der Waals surface area contributed by atoms with Crippen molar-refractivity contribution in [3.8, 4) is 5.75 Å². The topological polar surface area (TPSA) is 166 Å². The quantitative estimate of drug-likeness (QED) is 0.363. The van der Waals surface area contributed by atoms with Gasteiger partial charge in [-0.25, -0.2) is 0 Å². The summed E-state index contributed by atoms with van der Waals surface area (Å²) in [6.07, 6.45) is 0. The van der Waals surface area contributed by atoms with E-state index in [2.05, 4.69) is 20.7 Å². The normalized spacial score (nSPS) is 23.6. The van der Waals surface area contributed by atoms with Crippen LogP contribution in [0, 0.1) is 5.41 Å². The van der Waals surface area contributed by atoms with E-state index >= 15 is 0 Å². The van der Waals surface area contributed by atoms with Crippen LogP contribution in [0.25, 0.3) is 0 Å². The van der Waals surface area contributed by atoms with Gasteiger partial charge in [-0.15, -0.1) is 26.8 Å². The Labute approximate surface area is 216 Å². The molecule has 0 aliphatic carbocycles. The number of nitrogens with two attached hydrogens (primary N) is 1. The van der Waals surface area contributed by atoms with Crippen molar-refractivity contribution in [3.63, 3.8) is 0 Å². The number of phenolic OH excluding ortho intramolecular Hbond substituents is 1. The van der Waals surface area contributed by atoms with Gasteiger partial charge in [0.25, 0.3) is 0 Å². The molecule has 1 aromatic heterocycles. The number of hydrogen-bond donors (Lipinski definition) is 3. The summed E-state index contributed by atoms with van der Waals surface area (Å²) in [5, 5.41) is 24.4. The number of carbonyl (C=O) groups excluding carboxylic acids is 3. The lowest BCUT2D eigenvalue weighted by atomic mass is 9.95. The number of esters is 1. The van der Waals surface area contributed by atoms with Crippen LogP contribution in [-0.2, 0) is 25.9 Å². The van der Waals surface area contributed by atoms with Crippen LogP contribution in [0.3, 0.4) is 0 Å². The van der Waals surface area contributed by atoms with Crippen molar-refractivity contribution in [1.82, 2.24) is 30.4 Å². The lowest BCUT2D eigenvalue weighted by Crippen LogP contribution is -2.68. The molecule has 2 amide bonds. The van der Waals surface area contributed by atoms with E-state index in [1.807, 2.05) is 13.8 Å². The Morgan fingerprint density at radius 3 is 2.69 bits per heavy atom. The summed E-state index contributed by atoms with van der Waals surface area (Å²) < 4.78 is 4.75. The van der Waals surface area contributed by atoms with Gasteiger partial charge in [-0.2, -0.15) is 0 Å². The number of aromatic hydroxyl groups is 1. The molecule has 2 aliphatic rings. The molecule has 14 heteroatoms. The lowest BCUT2D eigenvalue weighted by molar-refractivity contribution is -0.158. The van der Waals surface area contributed by atoms with Gasteiger partial charge in [0.15, 0.2) is 5.82 Å². The summed E-state index contributed by atoms with van der Waals surface area (Å²) >= 11 is 7.43. The highest BCUT2D eigenvalue weighted by atomic mass is 35.5. The number of thioether (sulfide) groups is 1. The highest BCUT2D eigenvalue weighted by molar-refractivity contribution is 8.01. The molecule has 0 spiro atoms. The van der Waals surface area contributed by atoms with E-state index in [4.69, 9.17) is 22.1 Å². The van der Waals surface area contributed by atoms with E-state index in [0.717, 1.165) is 0 Å².